The number of anilines is 1. The third kappa shape index (κ3) is 5.26. The van der Waals surface area contributed by atoms with E-state index in [2.05, 4.69) is 10.3 Å². The van der Waals surface area contributed by atoms with Gasteiger partial charge in [0.05, 0.1) is 17.8 Å². The van der Waals surface area contributed by atoms with Crippen molar-refractivity contribution in [2.75, 3.05) is 5.32 Å². The summed E-state index contributed by atoms with van der Waals surface area (Å²) in [5, 5.41) is 11.8. The normalized spacial score (nSPS) is 11.2. The number of aliphatic carboxylic acids is 1. The van der Waals surface area contributed by atoms with Gasteiger partial charge in [-0.2, -0.15) is 0 Å². The molecule has 1 rings (SSSR count). The van der Waals surface area contributed by atoms with Gasteiger partial charge in [0, 0.05) is 6.42 Å². The number of aromatic nitrogens is 1. The van der Waals surface area contributed by atoms with E-state index in [1.165, 1.54) is 0 Å². The largest absolute Gasteiger partial charge is 0.481 e. The molecule has 1 amide bonds. The summed E-state index contributed by atoms with van der Waals surface area (Å²) in [5.74, 6) is -1.15. The standard InChI is InChI=1S/C13H17ClN2O3/c1-8-9(4-5-10(14)15-8)16-11(17)6-13(2,3)7-12(18)19/h4-5H,6-7H2,1-3H3,(H,16,17)(H,18,19). The molecular weight excluding hydrogens is 268 g/mol. The van der Waals surface area contributed by atoms with Crippen LogP contribution < -0.4 is 5.32 Å². The maximum Gasteiger partial charge on any atom is 0.303 e. The summed E-state index contributed by atoms with van der Waals surface area (Å²) >= 11 is 5.73. The number of carboxylic acid groups (broad SMARTS) is 1. The number of carbonyl (C=O) groups excluding carboxylic acids is 1. The van der Waals surface area contributed by atoms with Gasteiger partial charge in [-0.05, 0) is 24.5 Å². The first-order chi connectivity index (χ1) is 8.69. The van der Waals surface area contributed by atoms with Gasteiger partial charge in [-0.3, -0.25) is 9.59 Å². The number of carbonyl (C=O) groups is 2. The molecule has 0 saturated carbocycles. The zero-order valence-electron chi connectivity index (χ0n) is 11.2. The van der Waals surface area contributed by atoms with Gasteiger partial charge in [0.2, 0.25) is 5.91 Å². The number of halogens is 1. The molecule has 1 heterocycles. The highest BCUT2D eigenvalue weighted by Crippen LogP contribution is 2.26. The predicted octanol–water partition coefficient (Wildman–Crippen LogP) is 2.87. The minimum absolute atomic E-state index is 0.0573. The molecule has 0 atom stereocenters. The smallest absolute Gasteiger partial charge is 0.303 e. The van der Waals surface area contributed by atoms with Gasteiger partial charge in [-0.25, -0.2) is 4.98 Å². The van der Waals surface area contributed by atoms with Crippen molar-refractivity contribution >= 4 is 29.2 Å². The van der Waals surface area contributed by atoms with E-state index >= 15 is 0 Å². The van der Waals surface area contributed by atoms with E-state index in [0.29, 0.717) is 16.5 Å². The van der Waals surface area contributed by atoms with Gasteiger partial charge < -0.3 is 10.4 Å². The highest BCUT2D eigenvalue weighted by molar-refractivity contribution is 6.29. The zero-order chi connectivity index (χ0) is 14.6. The number of pyridine rings is 1. The first kappa shape index (κ1) is 15.4. The average molecular weight is 285 g/mol. The second-order valence-electron chi connectivity index (χ2n) is 5.23. The Kier molecular flexibility index (Phi) is 4.89. The van der Waals surface area contributed by atoms with Gasteiger partial charge in [-0.15, -0.1) is 0 Å². The first-order valence-corrected chi connectivity index (χ1v) is 6.22. The molecule has 0 spiro atoms. The highest BCUT2D eigenvalue weighted by atomic mass is 35.5. The Hall–Kier alpha value is -1.62. The van der Waals surface area contributed by atoms with Crippen LogP contribution in [0.1, 0.15) is 32.4 Å². The summed E-state index contributed by atoms with van der Waals surface area (Å²) in [5.41, 5.74) is 0.612. The van der Waals surface area contributed by atoms with E-state index in [1.54, 1.807) is 32.9 Å². The maximum atomic E-state index is 11.9. The lowest BCUT2D eigenvalue weighted by Crippen LogP contribution is -2.25. The topological polar surface area (TPSA) is 79.3 Å². The quantitative estimate of drug-likeness (QED) is 0.815. The van der Waals surface area contributed by atoms with Crippen molar-refractivity contribution < 1.29 is 14.7 Å². The molecule has 104 valence electrons. The summed E-state index contributed by atoms with van der Waals surface area (Å²) in [4.78, 5) is 26.6. The molecule has 0 bridgehead atoms. The molecule has 0 aliphatic heterocycles. The average Bonchev–Trinajstić information content (AvgIpc) is 2.19. The van der Waals surface area contributed by atoms with Crippen LogP contribution in [0.4, 0.5) is 5.69 Å². The van der Waals surface area contributed by atoms with Gasteiger partial charge in [0.15, 0.2) is 0 Å². The van der Waals surface area contributed by atoms with E-state index in [9.17, 15) is 9.59 Å². The molecule has 19 heavy (non-hydrogen) atoms. The lowest BCUT2D eigenvalue weighted by molar-refractivity contribution is -0.139. The molecule has 2 N–H and O–H groups in total. The van der Waals surface area contributed by atoms with E-state index in [-0.39, 0.29) is 18.7 Å². The van der Waals surface area contributed by atoms with E-state index in [0.717, 1.165) is 0 Å². The lowest BCUT2D eigenvalue weighted by Gasteiger charge is -2.21. The molecule has 0 aromatic carbocycles. The minimum Gasteiger partial charge on any atom is -0.481 e. The van der Waals surface area contributed by atoms with Gasteiger partial charge in [0.1, 0.15) is 5.15 Å². The Labute approximate surface area is 117 Å². The fourth-order valence-corrected chi connectivity index (χ4v) is 1.95. The highest BCUT2D eigenvalue weighted by Gasteiger charge is 2.25. The van der Waals surface area contributed by atoms with E-state index in [4.69, 9.17) is 16.7 Å². The van der Waals surface area contributed by atoms with Crippen LogP contribution in [0.2, 0.25) is 5.15 Å². The van der Waals surface area contributed by atoms with Crippen molar-refractivity contribution in [2.24, 2.45) is 5.41 Å². The fourth-order valence-electron chi connectivity index (χ4n) is 1.76. The fraction of sp³-hybridized carbons (Fsp3) is 0.462. The number of hydrogen-bond acceptors (Lipinski definition) is 3. The predicted molar refractivity (Wildman–Crippen MR) is 73.3 cm³/mol. The van der Waals surface area contributed by atoms with Crippen LogP contribution in [0.5, 0.6) is 0 Å². The second-order valence-corrected chi connectivity index (χ2v) is 5.61. The molecule has 0 aliphatic carbocycles. The van der Waals surface area contributed by atoms with Crippen molar-refractivity contribution in [1.82, 2.24) is 4.98 Å². The van der Waals surface area contributed by atoms with Gasteiger partial charge >= 0.3 is 5.97 Å². The number of rotatable bonds is 5. The number of carboxylic acids is 1. The molecular formula is C13H17ClN2O3. The number of nitrogens with one attached hydrogen (secondary N) is 1. The number of aryl methyl sites for hydroxylation is 1. The summed E-state index contributed by atoms with van der Waals surface area (Å²) in [6.07, 6.45) is 0.0691. The third-order valence-corrected chi connectivity index (χ3v) is 2.81. The minimum atomic E-state index is -0.915. The van der Waals surface area contributed by atoms with Crippen LogP contribution in [0, 0.1) is 12.3 Å². The van der Waals surface area contributed by atoms with E-state index < -0.39 is 11.4 Å². The van der Waals surface area contributed by atoms with Crippen LogP contribution in [0.25, 0.3) is 0 Å². The Balaban J connectivity index is 2.67. The Morgan fingerprint density at radius 2 is 2.00 bits per heavy atom. The number of amides is 1. The monoisotopic (exact) mass is 284 g/mol. The number of hydrogen-bond donors (Lipinski definition) is 2. The maximum absolute atomic E-state index is 11.9. The summed E-state index contributed by atoms with van der Waals surface area (Å²) in [6.45, 7) is 5.23. The lowest BCUT2D eigenvalue weighted by atomic mass is 9.85. The van der Waals surface area contributed by atoms with E-state index in [1.807, 2.05) is 0 Å². The van der Waals surface area contributed by atoms with Crippen LogP contribution in [0.3, 0.4) is 0 Å². The Morgan fingerprint density at radius 1 is 1.37 bits per heavy atom. The molecule has 0 saturated heterocycles. The summed E-state index contributed by atoms with van der Waals surface area (Å²) in [6, 6.07) is 3.26. The van der Waals surface area contributed by atoms with Crippen LogP contribution in [0.15, 0.2) is 12.1 Å². The first-order valence-electron chi connectivity index (χ1n) is 5.84. The molecule has 0 aliphatic rings. The van der Waals surface area contributed by atoms with Crippen molar-refractivity contribution in [3.63, 3.8) is 0 Å². The second kappa shape index (κ2) is 6.02. The SMILES string of the molecule is Cc1nc(Cl)ccc1NC(=O)CC(C)(C)CC(=O)O. The molecule has 6 heteroatoms. The van der Waals surface area contributed by atoms with Crippen molar-refractivity contribution in [3.8, 4) is 0 Å². The molecule has 0 radical (unpaired) electrons. The van der Waals surface area contributed by atoms with Gasteiger partial charge in [-0.1, -0.05) is 25.4 Å². The zero-order valence-corrected chi connectivity index (χ0v) is 11.9. The summed E-state index contributed by atoms with van der Waals surface area (Å²) < 4.78 is 0. The van der Waals surface area contributed by atoms with Crippen molar-refractivity contribution in [3.05, 3.63) is 23.0 Å². The third-order valence-electron chi connectivity index (χ3n) is 2.59. The summed E-state index contributed by atoms with van der Waals surface area (Å²) in [7, 11) is 0. The number of nitrogens with zero attached hydrogens (tertiary/aromatic N) is 1. The Morgan fingerprint density at radius 3 is 2.53 bits per heavy atom. The van der Waals surface area contributed by atoms with Crippen LogP contribution in [-0.2, 0) is 9.59 Å². The van der Waals surface area contributed by atoms with Gasteiger partial charge in [0.25, 0.3) is 0 Å². The van der Waals surface area contributed by atoms with Crippen LogP contribution in [-0.4, -0.2) is 22.0 Å². The molecule has 0 unspecified atom stereocenters. The Bertz CT molecular complexity index is 501. The molecule has 1 aromatic rings. The molecule has 1 aromatic heterocycles. The molecule has 0 fully saturated rings. The van der Waals surface area contributed by atoms with Crippen molar-refractivity contribution in [2.45, 2.75) is 33.6 Å². The van der Waals surface area contributed by atoms with Crippen LogP contribution >= 0.6 is 11.6 Å². The molecule has 5 nitrogen and oxygen atoms in total. The van der Waals surface area contributed by atoms with Crippen molar-refractivity contribution in [1.29, 1.82) is 0 Å².